The first-order chi connectivity index (χ1) is 11.7. The number of benzene rings is 2. The van der Waals surface area contributed by atoms with Crippen LogP contribution in [0.25, 0.3) is 0 Å². The van der Waals surface area contributed by atoms with Crippen molar-refractivity contribution in [1.29, 1.82) is 0 Å². The zero-order valence-electron chi connectivity index (χ0n) is 13.3. The highest BCUT2D eigenvalue weighted by atomic mass is 32.1. The normalized spacial score (nSPS) is 11.2. The number of carbonyl (C=O) groups is 1. The van der Waals surface area contributed by atoms with Crippen LogP contribution in [0.15, 0.2) is 73.3 Å². The molecule has 0 amide bonds. The summed E-state index contributed by atoms with van der Waals surface area (Å²) in [4.78, 5) is 12.3. The Morgan fingerprint density at radius 2 is 1.75 bits per heavy atom. The zero-order chi connectivity index (χ0) is 17.2. The Kier molecular flexibility index (Phi) is 6.98. The van der Waals surface area contributed by atoms with E-state index in [0.29, 0.717) is 11.5 Å². The lowest BCUT2D eigenvalue weighted by Gasteiger charge is -2.19. The lowest BCUT2D eigenvalue weighted by molar-refractivity contribution is -0.144. The maximum absolute atomic E-state index is 12.3. The van der Waals surface area contributed by atoms with Crippen LogP contribution in [0.5, 0.6) is 0 Å². The van der Waals surface area contributed by atoms with Gasteiger partial charge in [0.05, 0.1) is 0 Å². The van der Waals surface area contributed by atoms with Crippen LogP contribution < -0.4 is 10.6 Å². The first-order valence-electron chi connectivity index (χ1n) is 7.63. The van der Waals surface area contributed by atoms with Gasteiger partial charge in [0.1, 0.15) is 12.6 Å². The van der Waals surface area contributed by atoms with Gasteiger partial charge in [-0.15, -0.1) is 0 Å². The molecule has 0 saturated carbocycles. The Morgan fingerprint density at radius 1 is 1.12 bits per heavy atom. The SMILES string of the molecule is C=CCOC(=O)[C@@H](Cc1ccccc1)NC(=S)Nc1ccccc1. The number of anilines is 1. The molecule has 0 fully saturated rings. The summed E-state index contributed by atoms with van der Waals surface area (Å²) in [5.74, 6) is -0.365. The molecule has 24 heavy (non-hydrogen) atoms. The van der Waals surface area contributed by atoms with Crippen LogP contribution in [0.4, 0.5) is 5.69 Å². The van der Waals surface area contributed by atoms with Gasteiger partial charge in [-0.2, -0.15) is 0 Å². The molecule has 0 heterocycles. The topological polar surface area (TPSA) is 50.4 Å². The van der Waals surface area contributed by atoms with E-state index >= 15 is 0 Å². The molecule has 0 unspecified atom stereocenters. The minimum Gasteiger partial charge on any atom is -0.460 e. The quantitative estimate of drug-likeness (QED) is 0.460. The summed E-state index contributed by atoms with van der Waals surface area (Å²) in [6.45, 7) is 3.73. The van der Waals surface area contributed by atoms with Crippen molar-refractivity contribution in [3.8, 4) is 0 Å². The van der Waals surface area contributed by atoms with Crippen LogP contribution in [-0.4, -0.2) is 23.7 Å². The smallest absolute Gasteiger partial charge is 0.329 e. The fourth-order valence-electron chi connectivity index (χ4n) is 2.13. The number of nitrogens with one attached hydrogen (secondary N) is 2. The molecular formula is C19H20N2O2S. The van der Waals surface area contributed by atoms with Crippen LogP contribution in [0, 0.1) is 0 Å². The molecule has 2 N–H and O–H groups in total. The number of hydrogen-bond donors (Lipinski definition) is 2. The molecule has 124 valence electrons. The van der Waals surface area contributed by atoms with E-state index in [1.54, 1.807) is 0 Å². The molecule has 0 aliphatic heterocycles. The molecule has 2 aromatic rings. The Morgan fingerprint density at radius 3 is 2.38 bits per heavy atom. The van der Waals surface area contributed by atoms with Gasteiger partial charge < -0.3 is 15.4 Å². The van der Waals surface area contributed by atoms with Gasteiger partial charge in [0, 0.05) is 12.1 Å². The summed E-state index contributed by atoms with van der Waals surface area (Å²) in [7, 11) is 0. The van der Waals surface area contributed by atoms with E-state index in [1.165, 1.54) is 6.08 Å². The van der Waals surface area contributed by atoms with Gasteiger partial charge in [0.15, 0.2) is 5.11 Å². The van der Waals surface area contributed by atoms with Crippen LogP contribution in [-0.2, 0) is 16.0 Å². The minimum absolute atomic E-state index is 0.171. The van der Waals surface area contributed by atoms with Gasteiger partial charge in [-0.25, -0.2) is 4.79 Å². The van der Waals surface area contributed by atoms with E-state index < -0.39 is 6.04 Å². The fraction of sp³-hybridized carbons (Fsp3) is 0.158. The first kappa shape index (κ1) is 17.7. The van der Waals surface area contributed by atoms with Crippen LogP contribution in [0.2, 0.25) is 0 Å². The van der Waals surface area contributed by atoms with Gasteiger partial charge in [-0.1, -0.05) is 61.2 Å². The van der Waals surface area contributed by atoms with Crippen molar-refractivity contribution in [3.05, 3.63) is 78.9 Å². The molecule has 0 aromatic heterocycles. The zero-order valence-corrected chi connectivity index (χ0v) is 14.1. The van der Waals surface area contributed by atoms with Crippen molar-refractivity contribution in [3.63, 3.8) is 0 Å². The molecule has 0 saturated heterocycles. The number of ether oxygens (including phenoxy) is 1. The van der Waals surface area contributed by atoms with Crippen molar-refractivity contribution in [1.82, 2.24) is 5.32 Å². The number of para-hydroxylation sites is 1. The first-order valence-corrected chi connectivity index (χ1v) is 8.04. The summed E-state index contributed by atoms with van der Waals surface area (Å²) in [6, 6.07) is 18.7. The fourth-order valence-corrected chi connectivity index (χ4v) is 2.39. The van der Waals surface area contributed by atoms with Crippen LogP contribution >= 0.6 is 12.2 Å². The van der Waals surface area contributed by atoms with E-state index in [-0.39, 0.29) is 12.6 Å². The number of carbonyl (C=O) groups excluding carboxylic acids is 1. The second-order valence-electron chi connectivity index (χ2n) is 5.13. The molecule has 4 nitrogen and oxygen atoms in total. The van der Waals surface area contributed by atoms with Crippen molar-refractivity contribution < 1.29 is 9.53 Å². The molecule has 2 rings (SSSR count). The van der Waals surface area contributed by atoms with Gasteiger partial charge in [0.2, 0.25) is 0 Å². The maximum Gasteiger partial charge on any atom is 0.329 e. The van der Waals surface area contributed by atoms with E-state index in [0.717, 1.165) is 11.3 Å². The Labute approximate surface area is 147 Å². The average molecular weight is 340 g/mol. The van der Waals surface area contributed by atoms with Crippen molar-refractivity contribution >= 4 is 29.0 Å². The van der Waals surface area contributed by atoms with E-state index in [1.807, 2.05) is 60.7 Å². The lowest BCUT2D eigenvalue weighted by Crippen LogP contribution is -2.45. The molecule has 2 aromatic carbocycles. The second kappa shape index (κ2) is 9.47. The number of rotatable bonds is 7. The van der Waals surface area contributed by atoms with Crippen LogP contribution in [0.3, 0.4) is 0 Å². The lowest BCUT2D eigenvalue weighted by atomic mass is 10.1. The summed E-state index contributed by atoms with van der Waals surface area (Å²) in [5, 5.41) is 6.47. The molecular weight excluding hydrogens is 320 g/mol. The highest BCUT2D eigenvalue weighted by Gasteiger charge is 2.21. The number of hydrogen-bond acceptors (Lipinski definition) is 3. The largest absolute Gasteiger partial charge is 0.460 e. The summed E-state index contributed by atoms with van der Waals surface area (Å²) in [6.07, 6.45) is 2.02. The van der Waals surface area contributed by atoms with Crippen molar-refractivity contribution in [2.45, 2.75) is 12.5 Å². The molecule has 5 heteroatoms. The Balaban J connectivity index is 2.02. The predicted octanol–water partition coefficient (Wildman–Crippen LogP) is 3.31. The van der Waals surface area contributed by atoms with Crippen molar-refractivity contribution in [2.24, 2.45) is 0 Å². The van der Waals surface area contributed by atoms with Gasteiger partial charge in [-0.3, -0.25) is 0 Å². The average Bonchev–Trinajstić information content (AvgIpc) is 2.61. The van der Waals surface area contributed by atoms with Gasteiger partial charge in [-0.05, 0) is 29.9 Å². The Hall–Kier alpha value is -2.66. The number of esters is 1. The summed E-state index contributed by atoms with van der Waals surface area (Å²) < 4.78 is 5.17. The third-order valence-corrected chi connectivity index (χ3v) is 3.47. The third-order valence-electron chi connectivity index (χ3n) is 3.25. The summed E-state index contributed by atoms with van der Waals surface area (Å²) in [5.41, 5.74) is 1.88. The maximum atomic E-state index is 12.3. The molecule has 0 aliphatic rings. The van der Waals surface area contributed by atoms with Gasteiger partial charge in [0.25, 0.3) is 0 Å². The van der Waals surface area contributed by atoms with Gasteiger partial charge >= 0.3 is 5.97 Å². The van der Waals surface area contributed by atoms with E-state index in [4.69, 9.17) is 17.0 Å². The standard InChI is InChI=1S/C19H20N2O2S/c1-2-13-23-18(22)17(14-15-9-5-3-6-10-15)21-19(24)20-16-11-7-4-8-12-16/h2-12,17H,1,13-14H2,(H2,20,21,24)/t17-/m1/s1. The molecule has 0 bridgehead atoms. The second-order valence-corrected chi connectivity index (χ2v) is 5.53. The molecule has 0 radical (unpaired) electrons. The third kappa shape index (κ3) is 5.85. The van der Waals surface area contributed by atoms with E-state index in [2.05, 4.69) is 17.2 Å². The molecule has 1 atom stereocenters. The predicted molar refractivity (Wildman–Crippen MR) is 101 cm³/mol. The summed E-state index contributed by atoms with van der Waals surface area (Å²) >= 11 is 5.31. The number of thiocarbonyl (C=S) groups is 1. The minimum atomic E-state index is -0.573. The molecule has 0 spiro atoms. The molecule has 0 aliphatic carbocycles. The van der Waals surface area contributed by atoms with E-state index in [9.17, 15) is 4.79 Å². The highest BCUT2D eigenvalue weighted by molar-refractivity contribution is 7.80. The van der Waals surface area contributed by atoms with Crippen LogP contribution in [0.1, 0.15) is 5.56 Å². The highest BCUT2D eigenvalue weighted by Crippen LogP contribution is 2.07. The van der Waals surface area contributed by atoms with Crippen molar-refractivity contribution in [2.75, 3.05) is 11.9 Å². The Bertz CT molecular complexity index is 674. The monoisotopic (exact) mass is 340 g/mol.